The molecule has 0 aliphatic carbocycles. The van der Waals surface area contributed by atoms with Crippen LogP contribution in [-0.4, -0.2) is 29.7 Å². The number of carbonyl (C=O) groups excluding carboxylic acids is 2. The Balaban J connectivity index is 1.42. The van der Waals surface area contributed by atoms with Gasteiger partial charge in [0.05, 0.1) is 6.54 Å². The van der Waals surface area contributed by atoms with Crippen molar-refractivity contribution >= 4 is 11.7 Å². The van der Waals surface area contributed by atoms with Crippen LogP contribution in [0.3, 0.4) is 0 Å². The minimum Gasteiger partial charge on any atom is -0.465 e. The molecule has 5 heteroatoms. The van der Waals surface area contributed by atoms with Gasteiger partial charge in [-0.3, -0.25) is 14.5 Å². The summed E-state index contributed by atoms with van der Waals surface area (Å²) >= 11 is 0. The van der Waals surface area contributed by atoms with Gasteiger partial charge < -0.3 is 9.73 Å². The Bertz CT molecular complexity index is 812. The molecule has 1 atom stereocenters. The van der Waals surface area contributed by atoms with Crippen molar-refractivity contribution in [1.82, 2.24) is 10.2 Å². The van der Waals surface area contributed by atoms with E-state index in [1.54, 1.807) is 6.92 Å². The minimum atomic E-state index is 0.0836. The number of benzene rings is 1. The second-order valence-electron chi connectivity index (χ2n) is 7.83. The molecule has 1 amide bonds. The van der Waals surface area contributed by atoms with Crippen molar-refractivity contribution in [3.63, 3.8) is 0 Å². The van der Waals surface area contributed by atoms with Gasteiger partial charge in [0.15, 0.2) is 5.78 Å². The van der Waals surface area contributed by atoms with E-state index >= 15 is 0 Å². The summed E-state index contributed by atoms with van der Waals surface area (Å²) in [7, 11) is 0. The lowest BCUT2D eigenvalue weighted by molar-refractivity contribution is -0.121. The molecule has 28 heavy (non-hydrogen) atoms. The largest absolute Gasteiger partial charge is 0.465 e. The SMILES string of the molecule is CC(=O)c1cccc(CN2CCC[C@H](CCC(=O)NCc3ccc(C)o3)C2)c1. The molecule has 3 rings (SSSR count). The van der Waals surface area contributed by atoms with Gasteiger partial charge in [0.1, 0.15) is 11.5 Å². The lowest BCUT2D eigenvalue weighted by Gasteiger charge is -2.32. The van der Waals surface area contributed by atoms with E-state index < -0.39 is 0 Å². The van der Waals surface area contributed by atoms with Gasteiger partial charge >= 0.3 is 0 Å². The number of nitrogens with one attached hydrogen (secondary N) is 1. The fourth-order valence-corrected chi connectivity index (χ4v) is 3.87. The van der Waals surface area contributed by atoms with Crippen LogP contribution in [0.15, 0.2) is 40.8 Å². The van der Waals surface area contributed by atoms with Gasteiger partial charge in [-0.2, -0.15) is 0 Å². The summed E-state index contributed by atoms with van der Waals surface area (Å²) < 4.78 is 5.48. The van der Waals surface area contributed by atoms with Crippen LogP contribution in [0.25, 0.3) is 0 Å². The number of carbonyl (C=O) groups is 2. The van der Waals surface area contributed by atoms with Crippen LogP contribution >= 0.6 is 0 Å². The third kappa shape index (κ3) is 6.06. The zero-order valence-corrected chi connectivity index (χ0v) is 16.9. The van der Waals surface area contributed by atoms with Gasteiger partial charge in [-0.1, -0.05) is 18.2 Å². The quantitative estimate of drug-likeness (QED) is 0.698. The van der Waals surface area contributed by atoms with E-state index in [9.17, 15) is 9.59 Å². The molecule has 0 saturated carbocycles. The molecule has 1 aromatic heterocycles. The number of Topliss-reactive ketones (excluding diaryl/α,β-unsaturated/α-hetero) is 1. The van der Waals surface area contributed by atoms with Crippen molar-refractivity contribution in [1.29, 1.82) is 0 Å². The molecule has 5 nitrogen and oxygen atoms in total. The fraction of sp³-hybridized carbons (Fsp3) is 0.478. The van der Waals surface area contributed by atoms with E-state index in [0.717, 1.165) is 49.6 Å². The van der Waals surface area contributed by atoms with Crippen LogP contribution < -0.4 is 5.32 Å². The number of piperidine rings is 1. The minimum absolute atomic E-state index is 0.0836. The maximum absolute atomic E-state index is 12.1. The molecular weight excluding hydrogens is 352 g/mol. The van der Waals surface area contributed by atoms with E-state index in [0.29, 0.717) is 18.9 Å². The summed E-state index contributed by atoms with van der Waals surface area (Å²) in [6.45, 7) is 6.90. The zero-order valence-electron chi connectivity index (χ0n) is 16.9. The van der Waals surface area contributed by atoms with E-state index in [2.05, 4.69) is 16.3 Å². The number of likely N-dealkylation sites (tertiary alicyclic amines) is 1. The normalized spacial score (nSPS) is 17.4. The predicted octanol–water partition coefficient (Wildman–Crippen LogP) is 4.10. The number of hydrogen-bond donors (Lipinski definition) is 1. The van der Waals surface area contributed by atoms with Crippen LogP contribution in [-0.2, 0) is 17.9 Å². The first-order chi connectivity index (χ1) is 13.5. The molecule has 0 unspecified atom stereocenters. The van der Waals surface area contributed by atoms with Crippen LogP contribution in [0, 0.1) is 12.8 Å². The first-order valence-corrected chi connectivity index (χ1v) is 10.1. The number of rotatable bonds is 8. The average Bonchev–Trinajstić information content (AvgIpc) is 3.10. The molecule has 1 saturated heterocycles. The lowest BCUT2D eigenvalue weighted by atomic mass is 9.93. The van der Waals surface area contributed by atoms with Crippen molar-refractivity contribution < 1.29 is 14.0 Å². The summed E-state index contributed by atoms with van der Waals surface area (Å²) in [6, 6.07) is 11.7. The smallest absolute Gasteiger partial charge is 0.220 e. The standard InChI is InChI=1S/C23H30N2O3/c1-17-8-10-22(28-17)14-24-23(27)11-9-19-6-4-12-25(15-19)16-20-5-3-7-21(13-20)18(2)26/h3,5,7-8,10,13,19H,4,6,9,11-12,14-16H2,1-2H3,(H,24,27)/t19-/m1/s1. The molecule has 1 aromatic carbocycles. The molecule has 0 bridgehead atoms. The van der Waals surface area contributed by atoms with Gasteiger partial charge in [-0.25, -0.2) is 0 Å². The number of furan rings is 1. The van der Waals surface area contributed by atoms with Gasteiger partial charge in [0.25, 0.3) is 0 Å². The van der Waals surface area contributed by atoms with Gasteiger partial charge in [0.2, 0.25) is 5.91 Å². The highest BCUT2D eigenvalue weighted by atomic mass is 16.3. The van der Waals surface area contributed by atoms with E-state index in [1.807, 2.05) is 37.3 Å². The molecule has 1 aliphatic heterocycles. The first kappa shape index (κ1) is 20.3. The van der Waals surface area contributed by atoms with Crippen molar-refractivity contribution in [2.75, 3.05) is 13.1 Å². The number of nitrogens with zero attached hydrogens (tertiary/aromatic N) is 1. The second kappa shape index (κ2) is 9.69. The topological polar surface area (TPSA) is 62.6 Å². The van der Waals surface area contributed by atoms with Gasteiger partial charge in [0, 0.05) is 25.1 Å². The van der Waals surface area contributed by atoms with Crippen LogP contribution in [0.1, 0.15) is 60.0 Å². The summed E-state index contributed by atoms with van der Waals surface area (Å²) in [6.07, 6.45) is 3.80. The lowest BCUT2D eigenvalue weighted by Crippen LogP contribution is -2.35. The van der Waals surface area contributed by atoms with E-state index in [4.69, 9.17) is 4.42 Å². The summed E-state index contributed by atoms with van der Waals surface area (Å²) in [5.41, 5.74) is 1.95. The number of hydrogen-bond acceptors (Lipinski definition) is 4. The number of aryl methyl sites for hydroxylation is 1. The Kier molecular flexibility index (Phi) is 7.04. The second-order valence-corrected chi connectivity index (χ2v) is 7.83. The van der Waals surface area contributed by atoms with Crippen LogP contribution in [0.4, 0.5) is 0 Å². The maximum atomic E-state index is 12.1. The maximum Gasteiger partial charge on any atom is 0.220 e. The molecule has 1 fully saturated rings. The third-order valence-electron chi connectivity index (χ3n) is 5.38. The molecule has 0 radical (unpaired) electrons. The summed E-state index contributed by atoms with van der Waals surface area (Å²) in [4.78, 5) is 26.2. The third-order valence-corrected chi connectivity index (χ3v) is 5.38. The number of amides is 1. The summed E-state index contributed by atoms with van der Waals surface area (Å²) in [5.74, 6) is 2.39. The highest BCUT2D eigenvalue weighted by Gasteiger charge is 2.21. The molecular formula is C23H30N2O3. The Morgan fingerprint density at radius 2 is 2.11 bits per heavy atom. The van der Waals surface area contributed by atoms with Crippen molar-refractivity contribution in [3.8, 4) is 0 Å². The van der Waals surface area contributed by atoms with Crippen molar-refractivity contribution in [2.45, 2.75) is 52.6 Å². The monoisotopic (exact) mass is 382 g/mol. The van der Waals surface area contributed by atoms with Crippen molar-refractivity contribution in [2.24, 2.45) is 5.92 Å². The molecule has 1 aliphatic rings. The molecule has 1 N–H and O–H groups in total. The Hall–Kier alpha value is -2.40. The number of ketones is 1. The summed E-state index contributed by atoms with van der Waals surface area (Å²) in [5, 5.41) is 2.94. The Labute approximate surface area is 167 Å². The molecule has 2 aromatic rings. The highest BCUT2D eigenvalue weighted by Crippen LogP contribution is 2.23. The molecule has 2 heterocycles. The van der Waals surface area contributed by atoms with Gasteiger partial charge in [-0.05, 0) is 69.3 Å². The first-order valence-electron chi connectivity index (χ1n) is 10.1. The van der Waals surface area contributed by atoms with E-state index in [1.165, 1.54) is 12.0 Å². The Morgan fingerprint density at radius 3 is 2.86 bits per heavy atom. The zero-order chi connectivity index (χ0) is 19.9. The van der Waals surface area contributed by atoms with E-state index in [-0.39, 0.29) is 11.7 Å². The Morgan fingerprint density at radius 1 is 1.25 bits per heavy atom. The van der Waals surface area contributed by atoms with Crippen LogP contribution in [0.5, 0.6) is 0 Å². The predicted molar refractivity (Wildman–Crippen MR) is 109 cm³/mol. The molecule has 150 valence electrons. The fourth-order valence-electron chi connectivity index (χ4n) is 3.87. The average molecular weight is 383 g/mol. The van der Waals surface area contributed by atoms with Crippen LogP contribution in [0.2, 0.25) is 0 Å². The molecule has 0 spiro atoms. The van der Waals surface area contributed by atoms with Gasteiger partial charge in [-0.15, -0.1) is 0 Å². The van der Waals surface area contributed by atoms with Crippen molar-refractivity contribution in [3.05, 3.63) is 59.0 Å². The highest BCUT2D eigenvalue weighted by molar-refractivity contribution is 5.94.